The second-order valence-electron chi connectivity index (χ2n) is 3.64. The average Bonchev–Trinajstić information content (AvgIpc) is 2.27. The minimum atomic E-state index is -0.417. The largest absolute Gasteiger partial charge is 0.463 e. The summed E-state index contributed by atoms with van der Waals surface area (Å²) in [6.07, 6.45) is 0. The lowest BCUT2D eigenvalue weighted by Crippen LogP contribution is -2.15. The first-order valence-electron chi connectivity index (χ1n) is 5.39. The highest BCUT2D eigenvalue weighted by atomic mass is 19.1. The molecule has 0 unspecified atom stereocenters. The highest BCUT2D eigenvalue weighted by Gasteiger charge is 2.07. The van der Waals surface area contributed by atoms with Crippen LogP contribution in [0.2, 0.25) is 0 Å². The molecular weight excluding hydrogens is 221 g/mol. The zero-order chi connectivity index (χ0) is 12.8. The highest BCUT2D eigenvalue weighted by molar-refractivity contribution is 5.88. The van der Waals surface area contributed by atoms with Gasteiger partial charge in [-0.15, -0.1) is 0 Å². The molecule has 0 atom stereocenters. The van der Waals surface area contributed by atoms with Crippen molar-refractivity contribution in [3.8, 4) is 0 Å². The molecule has 4 heteroatoms. The van der Waals surface area contributed by atoms with Crippen LogP contribution in [0, 0.1) is 12.7 Å². The van der Waals surface area contributed by atoms with Crippen molar-refractivity contribution in [1.82, 2.24) is 0 Å². The zero-order valence-corrected chi connectivity index (χ0v) is 10.0. The molecule has 0 saturated heterocycles. The molecular formula is C13H16FNO2. The number of esters is 1. The number of carbonyl (C=O) groups excluding carboxylic acids is 1. The van der Waals surface area contributed by atoms with Crippen molar-refractivity contribution in [2.24, 2.45) is 0 Å². The summed E-state index contributed by atoms with van der Waals surface area (Å²) < 4.78 is 17.7. The van der Waals surface area contributed by atoms with Crippen LogP contribution in [0.25, 0.3) is 0 Å². The van der Waals surface area contributed by atoms with E-state index in [0.717, 1.165) is 11.3 Å². The monoisotopic (exact) mass is 237 g/mol. The van der Waals surface area contributed by atoms with Crippen LogP contribution in [0.3, 0.4) is 0 Å². The topological polar surface area (TPSA) is 38.3 Å². The summed E-state index contributed by atoms with van der Waals surface area (Å²) in [5.74, 6) is -0.697. The Morgan fingerprint density at radius 3 is 2.82 bits per heavy atom. The van der Waals surface area contributed by atoms with Gasteiger partial charge >= 0.3 is 5.97 Å². The Labute approximate surface area is 100 Å². The van der Waals surface area contributed by atoms with Crippen LogP contribution in [0.4, 0.5) is 10.1 Å². The smallest absolute Gasteiger partial charge is 0.335 e. The highest BCUT2D eigenvalue weighted by Crippen LogP contribution is 2.15. The lowest BCUT2D eigenvalue weighted by atomic mass is 10.2. The number of anilines is 1. The second kappa shape index (κ2) is 6.03. The average molecular weight is 237 g/mol. The fourth-order valence-electron chi connectivity index (χ4n) is 1.33. The predicted octanol–water partition coefficient (Wildman–Crippen LogP) is 2.67. The number of hydrogen-bond donors (Lipinski definition) is 1. The molecule has 1 aromatic rings. The van der Waals surface area contributed by atoms with E-state index in [2.05, 4.69) is 11.9 Å². The second-order valence-corrected chi connectivity index (χ2v) is 3.64. The van der Waals surface area contributed by atoms with Gasteiger partial charge < -0.3 is 10.1 Å². The molecule has 0 saturated carbocycles. The summed E-state index contributed by atoms with van der Waals surface area (Å²) in [5.41, 5.74) is 1.90. The molecule has 3 nitrogen and oxygen atoms in total. The molecule has 0 aromatic heterocycles. The van der Waals surface area contributed by atoms with Crippen LogP contribution in [0.1, 0.15) is 12.5 Å². The third-order valence-corrected chi connectivity index (χ3v) is 2.24. The van der Waals surface area contributed by atoms with E-state index in [1.165, 1.54) is 12.1 Å². The van der Waals surface area contributed by atoms with Gasteiger partial charge in [0.05, 0.1) is 6.61 Å². The van der Waals surface area contributed by atoms with Crippen molar-refractivity contribution in [3.63, 3.8) is 0 Å². The summed E-state index contributed by atoms with van der Waals surface area (Å²) in [6.45, 7) is 7.76. The third-order valence-electron chi connectivity index (χ3n) is 2.24. The van der Waals surface area contributed by atoms with Crippen molar-refractivity contribution in [1.29, 1.82) is 0 Å². The summed E-state index contributed by atoms with van der Waals surface area (Å²) in [7, 11) is 0. The van der Waals surface area contributed by atoms with Gasteiger partial charge in [-0.25, -0.2) is 9.18 Å². The number of ether oxygens (including phenoxy) is 1. The number of hydrogen-bond acceptors (Lipinski definition) is 3. The van der Waals surface area contributed by atoms with E-state index < -0.39 is 5.97 Å². The van der Waals surface area contributed by atoms with Crippen molar-refractivity contribution in [3.05, 3.63) is 41.7 Å². The van der Waals surface area contributed by atoms with Gasteiger partial charge in [-0.2, -0.15) is 0 Å². The Morgan fingerprint density at radius 2 is 2.24 bits per heavy atom. The molecule has 0 aliphatic carbocycles. The van der Waals surface area contributed by atoms with E-state index in [1.54, 1.807) is 19.9 Å². The fraction of sp³-hybridized carbons (Fsp3) is 0.308. The van der Waals surface area contributed by atoms with Crippen LogP contribution in [0.15, 0.2) is 30.4 Å². The fourth-order valence-corrected chi connectivity index (χ4v) is 1.33. The van der Waals surface area contributed by atoms with Crippen LogP contribution in [-0.2, 0) is 9.53 Å². The van der Waals surface area contributed by atoms with Crippen molar-refractivity contribution in [2.45, 2.75) is 13.8 Å². The Balaban J connectivity index is 2.56. The quantitative estimate of drug-likeness (QED) is 0.632. The van der Waals surface area contributed by atoms with Gasteiger partial charge in [0.1, 0.15) is 5.82 Å². The van der Waals surface area contributed by atoms with Crippen molar-refractivity contribution < 1.29 is 13.9 Å². The van der Waals surface area contributed by atoms with Crippen LogP contribution >= 0.6 is 0 Å². The van der Waals surface area contributed by atoms with Gasteiger partial charge in [-0.3, -0.25) is 0 Å². The first-order chi connectivity index (χ1) is 8.04. The number of halogens is 1. The molecule has 17 heavy (non-hydrogen) atoms. The molecule has 0 aliphatic rings. The molecule has 0 heterocycles. The summed E-state index contributed by atoms with van der Waals surface area (Å²) in [4.78, 5) is 11.3. The van der Waals surface area contributed by atoms with Gasteiger partial charge in [0.2, 0.25) is 0 Å². The molecule has 1 N–H and O–H groups in total. The summed E-state index contributed by atoms with van der Waals surface area (Å²) in [6, 6.07) is 4.42. The van der Waals surface area contributed by atoms with E-state index in [1.807, 2.05) is 0 Å². The van der Waals surface area contributed by atoms with E-state index in [0.29, 0.717) is 12.2 Å². The van der Waals surface area contributed by atoms with Crippen molar-refractivity contribution in [2.75, 3.05) is 18.5 Å². The maximum atomic E-state index is 12.9. The third kappa shape index (κ3) is 3.90. The van der Waals surface area contributed by atoms with E-state index >= 15 is 0 Å². The van der Waals surface area contributed by atoms with Gasteiger partial charge in [-0.1, -0.05) is 6.58 Å². The molecule has 0 amide bonds. The van der Waals surface area contributed by atoms with E-state index in [9.17, 15) is 9.18 Å². The van der Waals surface area contributed by atoms with Crippen LogP contribution in [0.5, 0.6) is 0 Å². The molecule has 0 spiro atoms. The Kier molecular flexibility index (Phi) is 4.69. The molecule has 1 rings (SSSR count). The number of aryl methyl sites for hydroxylation is 1. The van der Waals surface area contributed by atoms with Gasteiger partial charge in [0.15, 0.2) is 0 Å². The van der Waals surface area contributed by atoms with Crippen LogP contribution in [-0.4, -0.2) is 19.1 Å². The lowest BCUT2D eigenvalue weighted by molar-refractivity contribution is -0.138. The molecule has 0 aliphatic heterocycles. The first-order valence-corrected chi connectivity index (χ1v) is 5.39. The Bertz CT molecular complexity index is 429. The molecule has 1 aromatic carbocycles. The standard InChI is InChI=1S/C13H16FNO2/c1-4-17-13(16)10(3)8-15-12-6-5-11(14)7-9(12)2/h5-7,15H,3-4,8H2,1-2H3. The molecule has 0 radical (unpaired) electrons. The minimum absolute atomic E-state index is 0.280. The number of nitrogens with one attached hydrogen (secondary N) is 1. The Hall–Kier alpha value is -1.84. The first kappa shape index (κ1) is 13.2. The summed E-state index contributed by atoms with van der Waals surface area (Å²) >= 11 is 0. The van der Waals surface area contributed by atoms with E-state index in [-0.39, 0.29) is 12.4 Å². The van der Waals surface area contributed by atoms with E-state index in [4.69, 9.17) is 4.74 Å². The van der Waals surface area contributed by atoms with Crippen molar-refractivity contribution >= 4 is 11.7 Å². The number of rotatable bonds is 5. The van der Waals surface area contributed by atoms with Gasteiger partial charge in [-0.05, 0) is 37.6 Å². The minimum Gasteiger partial charge on any atom is -0.463 e. The Morgan fingerprint density at radius 1 is 1.53 bits per heavy atom. The molecule has 92 valence electrons. The number of benzene rings is 1. The van der Waals surface area contributed by atoms with Crippen LogP contribution < -0.4 is 5.32 Å². The normalized spacial score (nSPS) is 9.82. The molecule has 0 fully saturated rings. The molecule has 0 bridgehead atoms. The summed E-state index contributed by atoms with van der Waals surface area (Å²) in [5, 5.41) is 3.01. The van der Waals surface area contributed by atoms with Gasteiger partial charge in [0, 0.05) is 17.8 Å². The maximum Gasteiger partial charge on any atom is 0.335 e. The lowest BCUT2D eigenvalue weighted by Gasteiger charge is -2.10. The van der Waals surface area contributed by atoms with Gasteiger partial charge in [0.25, 0.3) is 0 Å². The number of carbonyl (C=O) groups is 1. The predicted molar refractivity (Wildman–Crippen MR) is 65.4 cm³/mol. The SMILES string of the molecule is C=C(CNc1ccc(F)cc1C)C(=O)OCC. The zero-order valence-electron chi connectivity index (χ0n) is 10.0. The maximum absolute atomic E-state index is 12.9.